The van der Waals surface area contributed by atoms with Crippen LogP contribution in [-0.4, -0.2) is 18.5 Å². The van der Waals surface area contributed by atoms with Crippen LogP contribution in [0.25, 0.3) is 0 Å². The Morgan fingerprint density at radius 3 is 2.89 bits per heavy atom. The van der Waals surface area contributed by atoms with E-state index in [0.29, 0.717) is 11.8 Å². The molecule has 0 saturated carbocycles. The zero-order valence-electron chi connectivity index (χ0n) is 12.0. The van der Waals surface area contributed by atoms with Crippen molar-refractivity contribution >= 4 is 17.2 Å². The number of piperidine rings is 1. The van der Waals surface area contributed by atoms with Crippen molar-refractivity contribution in [3.63, 3.8) is 0 Å². The van der Waals surface area contributed by atoms with Gasteiger partial charge in [0.25, 0.3) is 0 Å². The van der Waals surface area contributed by atoms with Crippen LogP contribution in [0, 0.1) is 11.8 Å². The summed E-state index contributed by atoms with van der Waals surface area (Å²) >= 11 is 1.71. The summed E-state index contributed by atoms with van der Waals surface area (Å²) in [4.78, 5) is 13.7. The molecule has 0 spiro atoms. The van der Waals surface area contributed by atoms with Crippen molar-refractivity contribution < 1.29 is 4.79 Å². The highest BCUT2D eigenvalue weighted by molar-refractivity contribution is 7.10. The van der Waals surface area contributed by atoms with Crippen LogP contribution in [0.3, 0.4) is 0 Å². The molecule has 2 rings (SSSR count). The lowest BCUT2D eigenvalue weighted by molar-refractivity contribution is -0.125. The molecule has 0 bridgehead atoms. The van der Waals surface area contributed by atoms with Gasteiger partial charge in [-0.2, -0.15) is 0 Å². The molecule has 3 unspecified atom stereocenters. The third-order valence-electron chi connectivity index (χ3n) is 3.87. The van der Waals surface area contributed by atoms with E-state index < -0.39 is 0 Å². The van der Waals surface area contributed by atoms with Gasteiger partial charge in [-0.1, -0.05) is 26.8 Å². The largest absolute Gasteiger partial charge is 0.347 e. The SMILES string of the molecule is CC(C)C(NC(=O)C1NCCCC1C)c1cccs1. The molecule has 1 amide bonds. The minimum Gasteiger partial charge on any atom is -0.347 e. The topological polar surface area (TPSA) is 41.1 Å². The molecule has 1 saturated heterocycles. The van der Waals surface area contributed by atoms with Crippen LogP contribution in [0.4, 0.5) is 0 Å². The Hall–Kier alpha value is -0.870. The van der Waals surface area contributed by atoms with E-state index in [-0.39, 0.29) is 18.0 Å². The van der Waals surface area contributed by atoms with E-state index in [0.717, 1.165) is 13.0 Å². The Kier molecular flexibility index (Phi) is 4.99. The molecule has 1 aliphatic heterocycles. The fraction of sp³-hybridized carbons (Fsp3) is 0.667. The van der Waals surface area contributed by atoms with Gasteiger partial charge in [-0.05, 0) is 42.7 Å². The maximum absolute atomic E-state index is 12.4. The van der Waals surface area contributed by atoms with E-state index in [4.69, 9.17) is 0 Å². The summed E-state index contributed by atoms with van der Waals surface area (Å²) in [7, 11) is 0. The van der Waals surface area contributed by atoms with E-state index in [1.165, 1.54) is 11.3 Å². The molecule has 0 aliphatic carbocycles. The quantitative estimate of drug-likeness (QED) is 0.890. The summed E-state index contributed by atoms with van der Waals surface area (Å²) in [6.45, 7) is 7.42. The lowest BCUT2D eigenvalue weighted by Gasteiger charge is -2.31. The van der Waals surface area contributed by atoms with Crippen molar-refractivity contribution in [2.45, 2.75) is 45.7 Å². The monoisotopic (exact) mass is 280 g/mol. The van der Waals surface area contributed by atoms with E-state index in [2.05, 4.69) is 42.9 Å². The average Bonchev–Trinajstić information content (AvgIpc) is 2.89. The van der Waals surface area contributed by atoms with Crippen molar-refractivity contribution in [1.29, 1.82) is 0 Å². The Labute approximate surface area is 119 Å². The van der Waals surface area contributed by atoms with E-state index >= 15 is 0 Å². The van der Waals surface area contributed by atoms with Crippen LogP contribution in [-0.2, 0) is 4.79 Å². The molecule has 2 heterocycles. The maximum Gasteiger partial charge on any atom is 0.237 e. The van der Waals surface area contributed by atoms with Crippen molar-refractivity contribution in [2.75, 3.05) is 6.54 Å². The number of hydrogen-bond donors (Lipinski definition) is 2. The first-order chi connectivity index (χ1) is 9.09. The molecule has 4 heteroatoms. The van der Waals surface area contributed by atoms with Crippen LogP contribution in [0.2, 0.25) is 0 Å². The van der Waals surface area contributed by atoms with Crippen molar-refractivity contribution in [3.8, 4) is 0 Å². The van der Waals surface area contributed by atoms with Gasteiger partial charge in [-0.25, -0.2) is 0 Å². The van der Waals surface area contributed by atoms with Gasteiger partial charge in [0.05, 0.1) is 12.1 Å². The molecule has 1 aromatic rings. The second-order valence-electron chi connectivity index (χ2n) is 5.80. The first-order valence-electron chi connectivity index (χ1n) is 7.16. The molecule has 1 aliphatic rings. The van der Waals surface area contributed by atoms with Crippen LogP contribution < -0.4 is 10.6 Å². The van der Waals surface area contributed by atoms with Crippen molar-refractivity contribution in [3.05, 3.63) is 22.4 Å². The van der Waals surface area contributed by atoms with Crippen LogP contribution >= 0.6 is 11.3 Å². The Morgan fingerprint density at radius 1 is 1.53 bits per heavy atom. The number of nitrogens with one attached hydrogen (secondary N) is 2. The number of thiophene rings is 1. The van der Waals surface area contributed by atoms with Gasteiger partial charge < -0.3 is 10.6 Å². The van der Waals surface area contributed by atoms with Crippen LogP contribution in [0.15, 0.2) is 17.5 Å². The van der Waals surface area contributed by atoms with Gasteiger partial charge in [0.1, 0.15) is 0 Å². The first-order valence-corrected chi connectivity index (χ1v) is 8.04. The smallest absolute Gasteiger partial charge is 0.237 e. The van der Waals surface area contributed by atoms with E-state index in [9.17, 15) is 4.79 Å². The predicted octanol–water partition coefficient (Wildman–Crippen LogP) is 2.95. The van der Waals surface area contributed by atoms with Gasteiger partial charge in [-0.15, -0.1) is 11.3 Å². The minimum absolute atomic E-state index is 0.0324. The summed E-state index contributed by atoms with van der Waals surface area (Å²) in [5.41, 5.74) is 0. The molecule has 19 heavy (non-hydrogen) atoms. The van der Waals surface area contributed by atoms with Crippen molar-refractivity contribution in [2.24, 2.45) is 11.8 Å². The molecule has 3 atom stereocenters. The number of carbonyl (C=O) groups excluding carboxylic acids is 1. The zero-order chi connectivity index (χ0) is 13.8. The number of carbonyl (C=O) groups is 1. The summed E-state index contributed by atoms with van der Waals surface area (Å²) < 4.78 is 0. The van der Waals surface area contributed by atoms with Crippen LogP contribution in [0.1, 0.15) is 44.5 Å². The molecule has 2 N–H and O–H groups in total. The Bertz CT molecular complexity index is 402. The van der Waals surface area contributed by atoms with Gasteiger partial charge in [0, 0.05) is 4.88 Å². The normalized spacial score (nSPS) is 25.3. The first kappa shape index (κ1) is 14.5. The molecular formula is C15H24N2OS. The van der Waals surface area contributed by atoms with Gasteiger partial charge in [-0.3, -0.25) is 4.79 Å². The second kappa shape index (κ2) is 6.53. The summed E-state index contributed by atoms with van der Waals surface area (Å²) in [6.07, 6.45) is 2.31. The average molecular weight is 280 g/mol. The Morgan fingerprint density at radius 2 is 2.32 bits per heavy atom. The van der Waals surface area contributed by atoms with Gasteiger partial charge in [0.2, 0.25) is 5.91 Å². The highest BCUT2D eigenvalue weighted by atomic mass is 32.1. The highest BCUT2D eigenvalue weighted by Gasteiger charge is 2.30. The standard InChI is InChI=1S/C15H24N2OS/c1-10(2)13(12-7-5-9-19-12)17-15(18)14-11(3)6-4-8-16-14/h5,7,9-11,13-14,16H,4,6,8H2,1-3H3,(H,17,18). The third-order valence-corrected chi connectivity index (χ3v) is 4.82. The molecular weight excluding hydrogens is 256 g/mol. The molecule has 0 aromatic carbocycles. The van der Waals surface area contributed by atoms with E-state index in [1.807, 2.05) is 6.07 Å². The number of amides is 1. The second-order valence-corrected chi connectivity index (χ2v) is 6.78. The minimum atomic E-state index is -0.0324. The van der Waals surface area contributed by atoms with Gasteiger partial charge >= 0.3 is 0 Å². The molecule has 1 aromatic heterocycles. The fourth-order valence-corrected chi connectivity index (χ4v) is 3.63. The van der Waals surface area contributed by atoms with Crippen LogP contribution in [0.5, 0.6) is 0 Å². The number of hydrogen-bond acceptors (Lipinski definition) is 3. The molecule has 0 radical (unpaired) electrons. The lowest BCUT2D eigenvalue weighted by atomic mass is 9.91. The predicted molar refractivity (Wildman–Crippen MR) is 80.2 cm³/mol. The molecule has 1 fully saturated rings. The Balaban J connectivity index is 2.03. The highest BCUT2D eigenvalue weighted by Crippen LogP contribution is 2.26. The fourth-order valence-electron chi connectivity index (χ4n) is 2.68. The third kappa shape index (κ3) is 3.57. The summed E-state index contributed by atoms with van der Waals surface area (Å²) in [6, 6.07) is 4.24. The molecule has 106 valence electrons. The lowest BCUT2D eigenvalue weighted by Crippen LogP contribution is -2.51. The van der Waals surface area contributed by atoms with E-state index in [1.54, 1.807) is 11.3 Å². The molecule has 3 nitrogen and oxygen atoms in total. The summed E-state index contributed by atoms with van der Waals surface area (Å²) in [5, 5.41) is 8.65. The number of rotatable bonds is 4. The van der Waals surface area contributed by atoms with Crippen molar-refractivity contribution in [1.82, 2.24) is 10.6 Å². The maximum atomic E-state index is 12.4. The zero-order valence-corrected chi connectivity index (χ0v) is 12.8. The van der Waals surface area contributed by atoms with Gasteiger partial charge in [0.15, 0.2) is 0 Å². The summed E-state index contributed by atoms with van der Waals surface area (Å²) in [5.74, 6) is 0.977.